The first-order chi connectivity index (χ1) is 4.61. The Hall–Kier alpha value is 0.347. The van der Waals surface area contributed by atoms with Crippen molar-refractivity contribution < 1.29 is 55.4 Å². The van der Waals surface area contributed by atoms with E-state index in [1.165, 1.54) is 5.56 Å². The van der Waals surface area contributed by atoms with Crippen LogP contribution < -0.4 is 0 Å². The molecule has 0 aliphatic carbocycles. The molecule has 0 unspecified atom stereocenters. The molecule has 0 fully saturated rings. The molecule has 0 bridgehead atoms. The summed E-state index contributed by atoms with van der Waals surface area (Å²) in [7, 11) is 0. The van der Waals surface area contributed by atoms with Crippen LogP contribution in [0.1, 0.15) is 26.3 Å². The maximum Gasteiger partial charge on any atom is 1.00 e. The van der Waals surface area contributed by atoms with Gasteiger partial charge in [-0.05, 0) is 5.41 Å². The summed E-state index contributed by atoms with van der Waals surface area (Å²) in [4.78, 5) is 0. The normalized spacial score (nSPS) is 7.67. The van der Waals surface area contributed by atoms with Gasteiger partial charge in [0.1, 0.15) is 0 Å². The smallest absolute Gasteiger partial charge is 0.412 e. The Balaban J connectivity index is -0.0000000667. The quantitative estimate of drug-likeness (QED) is 0.451. The van der Waals surface area contributed by atoms with Gasteiger partial charge in [0.05, 0.1) is 0 Å². The number of hydrogen-bond donors (Lipinski definition) is 0. The molecule has 0 aliphatic rings. The molecule has 0 aromatic heterocycles. The molecular weight excluding hydrogens is 370 g/mol. The van der Waals surface area contributed by atoms with E-state index in [1.807, 2.05) is 12.1 Å². The van der Waals surface area contributed by atoms with Gasteiger partial charge in [-0.2, -0.15) is 35.9 Å². The molecule has 0 aliphatic heterocycles. The summed E-state index contributed by atoms with van der Waals surface area (Å²) in [6, 6.07) is 11.3. The summed E-state index contributed by atoms with van der Waals surface area (Å²) in [5, 5.41) is 0. The van der Waals surface area contributed by atoms with Gasteiger partial charge in [0.15, 0.2) is 0 Å². The predicted molar refractivity (Wildman–Crippen MR) is 54.8 cm³/mol. The summed E-state index contributed by atoms with van der Waals surface area (Å²) >= 11 is 0. The van der Waals surface area contributed by atoms with Gasteiger partial charge in [0.2, 0.25) is 0 Å². The van der Waals surface area contributed by atoms with E-state index in [9.17, 15) is 0 Å². The van der Waals surface area contributed by atoms with Gasteiger partial charge in [-0.1, -0.05) is 20.8 Å². The van der Waals surface area contributed by atoms with E-state index < -0.39 is 0 Å². The Morgan fingerprint density at radius 1 is 1.00 bits per heavy atom. The molecular formula is C10H19O3Ru2. The molecule has 5 heteroatoms. The fourth-order valence-electron chi connectivity index (χ4n) is 0.860. The van der Waals surface area contributed by atoms with Crippen LogP contribution in [-0.2, 0) is 44.4 Å². The first kappa shape index (κ1) is 29.5. The summed E-state index contributed by atoms with van der Waals surface area (Å²) in [6.45, 7) is 6.58. The standard InChI is InChI=1S/C10H13.3H2O.2Ru/c1-10(2,3)9-7-5-4-6-8-9;;;;;/h4-7H,1-3H3;3*1H2;;/q-1;;;;;+1. The zero-order chi connectivity index (χ0) is 7.61. The molecule has 1 radical (unpaired) electrons. The molecule has 15 heavy (non-hydrogen) atoms. The maximum atomic E-state index is 3.21. The van der Waals surface area contributed by atoms with Crippen LogP contribution in [-0.4, -0.2) is 16.4 Å². The molecule has 1 rings (SSSR count). The van der Waals surface area contributed by atoms with Crippen molar-refractivity contribution in [2.75, 3.05) is 0 Å². The SMILES string of the molecule is CC(C)(C)c1[c-]cccc1.O.O.O.[Ru+].[Ru]. The van der Waals surface area contributed by atoms with Gasteiger partial charge in [-0.15, -0.1) is 0 Å². The monoisotopic (exact) mass is 391 g/mol. The zero-order valence-electron chi connectivity index (χ0n) is 9.02. The first-order valence-electron chi connectivity index (χ1n) is 3.58. The van der Waals surface area contributed by atoms with E-state index in [0.29, 0.717) is 0 Å². The van der Waals surface area contributed by atoms with Gasteiger partial charge in [0, 0.05) is 19.5 Å². The Bertz CT molecular complexity index is 210. The minimum absolute atomic E-state index is 0. The third-order valence-electron chi connectivity index (χ3n) is 1.52. The number of rotatable bonds is 0. The van der Waals surface area contributed by atoms with Gasteiger partial charge in [0.25, 0.3) is 0 Å². The average Bonchev–Trinajstić information content (AvgIpc) is 1.88. The molecule has 0 saturated heterocycles. The summed E-state index contributed by atoms with van der Waals surface area (Å²) in [5.41, 5.74) is 1.51. The fourth-order valence-corrected chi connectivity index (χ4v) is 0.860. The first-order valence-corrected chi connectivity index (χ1v) is 3.58. The summed E-state index contributed by atoms with van der Waals surface area (Å²) < 4.78 is 0. The van der Waals surface area contributed by atoms with Gasteiger partial charge in [-0.3, -0.25) is 0 Å². The number of hydrogen-bond acceptors (Lipinski definition) is 0. The number of benzene rings is 1. The van der Waals surface area contributed by atoms with Crippen LogP contribution in [0, 0.1) is 6.07 Å². The predicted octanol–water partition coefficient (Wildman–Crippen LogP) is 0.305. The van der Waals surface area contributed by atoms with E-state index in [1.54, 1.807) is 0 Å². The third kappa shape index (κ3) is 10.6. The molecule has 6 N–H and O–H groups in total. The van der Waals surface area contributed by atoms with Crippen molar-refractivity contribution in [1.29, 1.82) is 0 Å². The average molecular weight is 389 g/mol. The molecule has 0 heterocycles. The van der Waals surface area contributed by atoms with Crippen molar-refractivity contribution in [2.24, 2.45) is 0 Å². The topological polar surface area (TPSA) is 94.5 Å². The van der Waals surface area contributed by atoms with E-state index in [4.69, 9.17) is 0 Å². The minimum atomic E-state index is 0. The Morgan fingerprint density at radius 2 is 1.47 bits per heavy atom. The molecule has 1 aromatic carbocycles. The third-order valence-corrected chi connectivity index (χ3v) is 1.52. The molecule has 3 nitrogen and oxygen atoms in total. The molecule has 0 saturated carbocycles. The zero-order valence-corrected chi connectivity index (χ0v) is 12.5. The van der Waals surface area contributed by atoms with E-state index in [-0.39, 0.29) is 60.8 Å². The van der Waals surface area contributed by atoms with Crippen molar-refractivity contribution >= 4 is 0 Å². The van der Waals surface area contributed by atoms with Crippen LogP contribution in [0.25, 0.3) is 0 Å². The minimum Gasteiger partial charge on any atom is -0.412 e. The summed E-state index contributed by atoms with van der Waals surface area (Å²) in [5.74, 6) is 0. The Kier molecular flexibility index (Phi) is 24.4. The maximum absolute atomic E-state index is 3.21. The second-order valence-electron chi connectivity index (χ2n) is 3.53. The van der Waals surface area contributed by atoms with Crippen LogP contribution in [0.15, 0.2) is 24.3 Å². The van der Waals surface area contributed by atoms with Gasteiger partial charge < -0.3 is 16.4 Å². The van der Waals surface area contributed by atoms with Gasteiger partial charge >= 0.3 is 19.5 Å². The van der Waals surface area contributed by atoms with E-state index in [2.05, 4.69) is 39.0 Å². The van der Waals surface area contributed by atoms with Crippen LogP contribution in [0.4, 0.5) is 0 Å². The second kappa shape index (κ2) is 12.4. The van der Waals surface area contributed by atoms with Crippen LogP contribution in [0.5, 0.6) is 0 Å². The van der Waals surface area contributed by atoms with Crippen LogP contribution in [0.2, 0.25) is 0 Å². The summed E-state index contributed by atoms with van der Waals surface area (Å²) in [6.07, 6.45) is 0. The Labute approximate surface area is 117 Å². The van der Waals surface area contributed by atoms with Crippen molar-refractivity contribution in [3.8, 4) is 0 Å². The Morgan fingerprint density at radius 3 is 1.67 bits per heavy atom. The molecule has 0 amide bonds. The van der Waals surface area contributed by atoms with Crippen molar-refractivity contribution in [2.45, 2.75) is 26.2 Å². The molecule has 93 valence electrons. The van der Waals surface area contributed by atoms with E-state index in [0.717, 1.165) is 0 Å². The van der Waals surface area contributed by atoms with E-state index >= 15 is 0 Å². The molecule has 1 aromatic rings. The van der Waals surface area contributed by atoms with Crippen LogP contribution in [0.3, 0.4) is 0 Å². The second-order valence-corrected chi connectivity index (χ2v) is 3.53. The molecule has 0 atom stereocenters. The van der Waals surface area contributed by atoms with Crippen molar-refractivity contribution in [1.82, 2.24) is 0 Å². The van der Waals surface area contributed by atoms with Gasteiger partial charge in [-0.25, -0.2) is 0 Å². The van der Waals surface area contributed by atoms with Crippen molar-refractivity contribution in [3.63, 3.8) is 0 Å². The largest absolute Gasteiger partial charge is 1.00 e. The van der Waals surface area contributed by atoms with Crippen molar-refractivity contribution in [3.05, 3.63) is 35.9 Å². The molecule has 0 spiro atoms. The fraction of sp³-hybridized carbons (Fsp3) is 0.400. The van der Waals surface area contributed by atoms with Crippen LogP contribution >= 0.6 is 0 Å².